The maximum Gasteiger partial charge on any atom is 0.324 e. The van der Waals surface area contributed by atoms with Gasteiger partial charge in [0.15, 0.2) is 4.90 Å². The van der Waals surface area contributed by atoms with Crippen molar-refractivity contribution < 1.29 is 17.7 Å². The zero-order valence-electron chi connectivity index (χ0n) is 11.2. The number of rotatable bonds is 3. The second-order valence-corrected chi connectivity index (χ2v) is 6.47. The van der Waals surface area contributed by atoms with Crippen molar-refractivity contribution in [1.82, 2.24) is 9.62 Å². The molecule has 1 fully saturated rings. The highest BCUT2D eigenvalue weighted by molar-refractivity contribution is 7.89. The molecule has 1 aliphatic heterocycles. The van der Waals surface area contributed by atoms with E-state index in [1.807, 2.05) is 6.92 Å². The van der Waals surface area contributed by atoms with Gasteiger partial charge in [0.25, 0.3) is 0 Å². The summed E-state index contributed by atoms with van der Waals surface area (Å²) in [5.74, 6) is -1.15. The topological polar surface area (TPSA) is 92.5 Å². The number of nitrogens with one attached hydrogen (secondary N) is 1. The Morgan fingerprint density at radius 2 is 2.14 bits per heavy atom. The summed E-state index contributed by atoms with van der Waals surface area (Å²) in [4.78, 5) is 9.30. The van der Waals surface area contributed by atoms with Crippen LogP contribution in [0.1, 0.15) is 6.92 Å². The van der Waals surface area contributed by atoms with E-state index in [4.69, 9.17) is 0 Å². The summed E-state index contributed by atoms with van der Waals surface area (Å²) in [5, 5.41) is 14.0. The van der Waals surface area contributed by atoms with Crippen molar-refractivity contribution in [3.05, 3.63) is 34.1 Å². The summed E-state index contributed by atoms with van der Waals surface area (Å²) in [6.45, 7) is 2.64. The van der Waals surface area contributed by atoms with Gasteiger partial charge >= 0.3 is 5.69 Å². The molecule has 0 aromatic heterocycles. The first-order chi connectivity index (χ1) is 9.34. The molecule has 0 saturated carbocycles. The average molecular weight is 340 g/mol. The van der Waals surface area contributed by atoms with Crippen molar-refractivity contribution in [1.29, 1.82) is 0 Å². The lowest BCUT2D eigenvalue weighted by atomic mass is 10.3. The third-order valence-electron chi connectivity index (χ3n) is 3.08. The van der Waals surface area contributed by atoms with Crippen LogP contribution in [-0.2, 0) is 10.0 Å². The zero-order valence-corrected chi connectivity index (χ0v) is 12.8. The fourth-order valence-electron chi connectivity index (χ4n) is 2.14. The van der Waals surface area contributed by atoms with Gasteiger partial charge in [0.2, 0.25) is 15.8 Å². The first kappa shape index (κ1) is 17.8. The van der Waals surface area contributed by atoms with Gasteiger partial charge in [0.1, 0.15) is 0 Å². The molecule has 1 saturated heterocycles. The Hall–Kier alpha value is -1.29. The molecule has 0 aliphatic carbocycles. The van der Waals surface area contributed by atoms with E-state index < -0.39 is 31.3 Å². The molecule has 0 bridgehead atoms. The number of nitrogens with zero attached hydrogens (tertiary/aromatic N) is 2. The van der Waals surface area contributed by atoms with E-state index in [1.54, 1.807) is 0 Å². The first-order valence-corrected chi connectivity index (χ1v) is 7.44. The van der Waals surface area contributed by atoms with Gasteiger partial charge in [-0.1, -0.05) is 6.07 Å². The van der Waals surface area contributed by atoms with E-state index in [9.17, 15) is 22.9 Å². The molecule has 7 nitrogen and oxygen atoms in total. The molecule has 1 aromatic carbocycles. The van der Waals surface area contributed by atoms with Gasteiger partial charge in [-0.05, 0) is 19.1 Å². The summed E-state index contributed by atoms with van der Waals surface area (Å²) in [6, 6.07) is 3.02. The minimum atomic E-state index is -4.08. The quantitative estimate of drug-likeness (QED) is 0.658. The monoisotopic (exact) mass is 339 g/mol. The van der Waals surface area contributed by atoms with Crippen molar-refractivity contribution in [2.24, 2.45) is 0 Å². The van der Waals surface area contributed by atoms with Gasteiger partial charge < -0.3 is 5.32 Å². The standard InChI is InChI=1S/C11H14FN3O4S.ClH/c1-8-7-14(6-5-13-8)20(18,19)10-4-2-3-9(12)11(10)15(16)17;/h2-4,8,13H,5-7H2,1H3;1H/t8-;/m1./s1. The Labute approximate surface area is 127 Å². The number of hydrogen-bond acceptors (Lipinski definition) is 5. The molecule has 1 heterocycles. The number of hydrogen-bond donors (Lipinski definition) is 1. The van der Waals surface area contributed by atoms with E-state index in [2.05, 4.69) is 5.32 Å². The molecule has 0 unspecified atom stereocenters. The normalized spacial score (nSPS) is 19.8. The number of nitro groups is 1. The fraction of sp³-hybridized carbons (Fsp3) is 0.455. The number of para-hydroxylation sites is 1. The highest BCUT2D eigenvalue weighted by atomic mass is 35.5. The molecule has 0 radical (unpaired) electrons. The number of benzene rings is 1. The molecule has 1 aliphatic rings. The van der Waals surface area contributed by atoms with Crippen LogP contribution in [0.5, 0.6) is 0 Å². The van der Waals surface area contributed by atoms with E-state index in [1.165, 1.54) is 0 Å². The molecule has 118 valence electrons. The first-order valence-electron chi connectivity index (χ1n) is 6.00. The van der Waals surface area contributed by atoms with Gasteiger partial charge in [-0.2, -0.15) is 8.70 Å². The van der Waals surface area contributed by atoms with Gasteiger partial charge in [-0.15, -0.1) is 12.4 Å². The molecule has 0 amide bonds. The Kier molecular flexibility index (Phi) is 5.62. The molecular weight excluding hydrogens is 325 g/mol. The largest absolute Gasteiger partial charge is 0.324 e. The van der Waals surface area contributed by atoms with Crippen LogP contribution in [0.15, 0.2) is 23.1 Å². The lowest BCUT2D eigenvalue weighted by Gasteiger charge is -2.30. The van der Waals surface area contributed by atoms with Crippen LogP contribution < -0.4 is 5.32 Å². The fourth-order valence-corrected chi connectivity index (χ4v) is 3.83. The molecule has 1 atom stereocenters. The predicted molar refractivity (Wildman–Crippen MR) is 76.5 cm³/mol. The minimum Gasteiger partial charge on any atom is -0.312 e. The van der Waals surface area contributed by atoms with Crippen LogP contribution in [0.4, 0.5) is 10.1 Å². The zero-order chi connectivity index (χ0) is 14.9. The van der Waals surface area contributed by atoms with Gasteiger partial charge in [0.05, 0.1) is 4.92 Å². The number of sulfonamides is 1. The average Bonchev–Trinajstić information content (AvgIpc) is 2.38. The highest BCUT2D eigenvalue weighted by Crippen LogP contribution is 2.29. The van der Waals surface area contributed by atoms with Crippen LogP contribution >= 0.6 is 12.4 Å². The summed E-state index contributed by atoms with van der Waals surface area (Å²) < 4.78 is 39.5. The summed E-state index contributed by atoms with van der Waals surface area (Å²) in [6.07, 6.45) is 0. The maximum absolute atomic E-state index is 13.5. The second-order valence-electron chi connectivity index (χ2n) is 4.56. The lowest BCUT2D eigenvalue weighted by Crippen LogP contribution is -2.51. The maximum atomic E-state index is 13.5. The lowest BCUT2D eigenvalue weighted by molar-refractivity contribution is -0.390. The van der Waals surface area contributed by atoms with Gasteiger partial charge in [-0.3, -0.25) is 10.1 Å². The summed E-state index contributed by atoms with van der Waals surface area (Å²) >= 11 is 0. The summed E-state index contributed by atoms with van der Waals surface area (Å²) in [5.41, 5.74) is -1.00. The molecule has 2 rings (SSSR count). The molecule has 1 aromatic rings. The second kappa shape index (κ2) is 6.65. The van der Waals surface area contributed by atoms with Gasteiger partial charge in [0, 0.05) is 25.7 Å². The smallest absolute Gasteiger partial charge is 0.312 e. The number of halogens is 2. The van der Waals surface area contributed by atoms with Crippen LogP contribution in [0.3, 0.4) is 0 Å². The van der Waals surface area contributed by atoms with E-state index in [-0.39, 0.29) is 31.5 Å². The van der Waals surface area contributed by atoms with Crippen LogP contribution in [0, 0.1) is 15.9 Å². The Bertz CT molecular complexity index is 640. The van der Waals surface area contributed by atoms with Crippen LogP contribution in [-0.4, -0.2) is 43.3 Å². The van der Waals surface area contributed by atoms with E-state index >= 15 is 0 Å². The predicted octanol–water partition coefficient (Wildman–Crippen LogP) is 1.14. The van der Waals surface area contributed by atoms with Gasteiger partial charge in [-0.25, -0.2) is 8.42 Å². The van der Waals surface area contributed by atoms with Crippen LogP contribution in [0.25, 0.3) is 0 Å². The Morgan fingerprint density at radius 3 is 2.71 bits per heavy atom. The molecular formula is C11H15ClFN3O4S. The third kappa shape index (κ3) is 3.49. The van der Waals surface area contributed by atoms with Crippen molar-refractivity contribution in [2.75, 3.05) is 19.6 Å². The van der Waals surface area contributed by atoms with Crippen molar-refractivity contribution in [3.8, 4) is 0 Å². The Morgan fingerprint density at radius 1 is 1.48 bits per heavy atom. The van der Waals surface area contributed by atoms with E-state index in [0.29, 0.717) is 6.54 Å². The molecule has 21 heavy (non-hydrogen) atoms. The SMILES string of the molecule is C[C@@H]1CN(S(=O)(=O)c2cccc(F)c2[N+](=O)[O-])CCN1.Cl. The minimum absolute atomic E-state index is 0. The Balaban J connectivity index is 0.00000220. The summed E-state index contributed by atoms with van der Waals surface area (Å²) in [7, 11) is -4.08. The number of nitro benzene ring substituents is 1. The third-order valence-corrected chi connectivity index (χ3v) is 4.98. The molecule has 10 heteroatoms. The molecule has 1 N–H and O–H groups in total. The van der Waals surface area contributed by atoms with Crippen molar-refractivity contribution >= 4 is 28.1 Å². The van der Waals surface area contributed by atoms with Crippen molar-refractivity contribution in [3.63, 3.8) is 0 Å². The highest BCUT2D eigenvalue weighted by Gasteiger charge is 2.35. The molecule has 0 spiro atoms. The van der Waals surface area contributed by atoms with Crippen molar-refractivity contribution in [2.45, 2.75) is 17.9 Å². The van der Waals surface area contributed by atoms with E-state index in [0.717, 1.165) is 22.5 Å². The number of piperazine rings is 1. The van der Waals surface area contributed by atoms with Crippen LogP contribution in [0.2, 0.25) is 0 Å².